The molecular formula is C18H21FN2O3S2. The molecule has 0 aliphatic heterocycles. The van der Waals surface area contributed by atoms with E-state index < -0.39 is 27.8 Å². The second kappa shape index (κ2) is 8.55. The van der Waals surface area contributed by atoms with Crippen LogP contribution in [0.2, 0.25) is 0 Å². The van der Waals surface area contributed by atoms with Gasteiger partial charge in [0.15, 0.2) is 0 Å². The summed E-state index contributed by atoms with van der Waals surface area (Å²) in [4.78, 5) is 13.7. The first-order valence-electron chi connectivity index (χ1n) is 7.96. The maximum atomic E-state index is 14.2. The molecule has 140 valence electrons. The number of thioether (sulfide) groups is 1. The van der Waals surface area contributed by atoms with Gasteiger partial charge in [0.2, 0.25) is 15.9 Å². The zero-order valence-electron chi connectivity index (χ0n) is 14.8. The number of para-hydroxylation sites is 1. The standard InChI is InChI=1S/C18H21FN2O3S2/c1-4-16(18(22)20-13-8-7-9-14(12-13)25-2)21(26(3,23)24)17-11-6-5-10-15(17)19/h5-12,16H,4H2,1-3H3,(H,20,22). The van der Waals surface area contributed by atoms with Crippen molar-refractivity contribution >= 4 is 39.1 Å². The van der Waals surface area contributed by atoms with Crippen molar-refractivity contribution in [3.63, 3.8) is 0 Å². The molecule has 1 amide bonds. The summed E-state index contributed by atoms with van der Waals surface area (Å²) in [6, 6.07) is 11.7. The van der Waals surface area contributed by atoms with Crippen LogP contribution in [0.3, 0.4) is 0 Å². The number of amides is 1. The van der Waals surface area contributed by atoms with Gasteiger partial charge in [0.05, 0.1) is 11.9 Å². The largest absolute Gasteiger partial charge is 0.324 e. The maximum absolute atomic E-state index is 14.2. The molecule has 0 saturated carbocycles. The van der Waals surface area contributed by atoms with Crippen molar-refractivity contribution in [3.8, 4) is 0 Å². The van der Waals surface area contributed by atoms with E-state index in [0.717, 1.165) is 15.5 Å². The molecule has 2 aromatic carbocycles. The predicted octanol–water partition coefficient (Wildman–Crippen LogP) is 3.73. The van der Waals surface area contributed by atoms with Crippen LogP contribution in [0.5, 0.6) is 0 Å². The van der Waals surface area contributed by atoms with Crippen LogP contribution in [0, 0.1) is 5.82 Å². The van der Waals surface area contributed by atoms with Crippen molar-refractivity contribution in [3.05, 3.63) is 54.3 Å². The molecule has 2 aromatic rings. The monoisotopic (exact) mass is 396 g/mol. The fraction of sp³-hybridized carbons (Fsp3) is 0.278. The van der Waals surface area contributed by atoms with Gasteiger partial charge in [-0.15, -0.1) is 11.8 Å². The number of hydrogen-bond donors (Lipinski definition) is 1. The third-order valence-electron chi connectivity index (χ3n) is 3.76. The van der Waals surface area contributed by atoms with Crippen molar-refractivity contribution in [2.45, 2.75) is 24.3 Å². The van der Waals surface area contributed by atoms with Gasteiger partial charge in [-0.1, -0.05) is 25.1 Å². The molecule has 0 bridgehead atoms. The number of carbonyl (C=O) groups excluding carboxylic acids is 1. The Morgan fingerprint density at radius 3 is 2.50 bits per heavy atom. The molecule has 0 spiro atoms. The van der Waals surface area contributed by atoms with Crippen molar-refractivity contribution in [2.24, 2.45) is 0 Å². The third kappa shape index (κ3) is 4.76. The highest BCUT2D eigenvalue weighted by Gasteiger charge is 2.33. The van der Waals surface area contributed by atoms with Gasteiger partial charge in [-0.25, -0.2) is 12.8 Å². The van der Waals surface area contributed by atoms with E-state index in [1.54, 1.807) is 25.1 Å². The number of benzene rings is 2. The average molecular weight is 397 g/mol. The molecule has 0 aliphatic rings. The Bertz CT molecular complexity index is 888. The molecule has 0 heterocycles. The lowest BCUT2D eigenvalue weighted by atomic mass is 10.1. The number of sulfonamides is 1. The number of halogens is 1. The topological polar surface area (TPSA) is 66.5 Å². The first kappa shape index (κ1) is 20.3. The van der Waals surface area contributed by atoms with Gasteiger partial charge in [-0.05, 0) is 43.0 Å². The minimum absolute atomic E-state index is 0.144. The fourth-order valence-electron chi connectivity index (χ4n) is 2.59. The summed E-state index contributed by atoms with van der Waals surface area (Å²) in [5.74, 6) is -1.21. The molecule has 0 saturated heterocycles. The molecular weight excluding hydrogens is 375 g/mol. The van der Waals surface area contributed by atoms with E-state index in [1.807, 2.05) is 12.3 Å². The van der Waals surface area contributed by atoms with E-state index in [1.165, 1.54) is 36.0 Å². The molecule has 2 rings (SSSR count). The van der Waals surface area contributed by atoms with Crippen LogP contribution in [-0.4, -0.2) is 32.9 Å². The summed E-state index contributed by atoms with van der Waals surface area (Å²) in [6.07, 6.45) is 3.07. The normalized spacial score (nSPS) is 12.5. The number of rotatable bonds is 7. The van der Waals surface area contributed by atoms with Crippen molar-refractivity contribution in [1.29, 1.82) is 0 Å². The average Bonchev–Trinajstić information content (AvgIpc) is 2.59. The summed E-state index contributed by atoms with van der Waals surface area (Å²) in [6.45, 7) is 1.68. The highest BCUT2D eigenvalue weighted by Crippen LogP contribution is 2.26. The number of nitrogens with zero attached hydrogens (tertiary/aromatic N) is 1. The molecule has 5 nitrogen and oxygen atoms in total. The zero-order valence-corrected chi connectivity index (χ0v) is 16.4. The van der Waals surface area contributed by atoms with Crippen molar-refractivity contribution < 1.29 is 17.6 Å². The van der Waals surface area contributed by atoms with Gasteiger partial charge in [0.25, 0.3) is 0 Å². The molecule has 1 N–H and O–H groups in total. The Kier molecular flexibility index (Phi) is 6.66. The summed E-state index contributed by atoms with van der Waals surface area (Å²) < 4.78 is 39.7. The van der Waals surface area contributed by atoms with Gasteiger partial charge < -0.3 is 5.32 Å². The first-order chi connectivity index (χ1) is 12.3. The molecule has 1 atom stereocenters. The van der Waals surface area contributed by atoms with Gasteiger partial charge in [-0.3, -0.25) is 9.10 Å². The second-order valence-corrected chi connectivity index (χ2v) is 8.39. The van der Waals surface area contributed by atoms with E-state index in [4.69, 9.17) is 0 Å². The summed E-state index contributed by atoms with van der Waals surface area (Å²) in [5.41, 5.74) is 0.414. The summed E-state index contributed by atoms with van der Waals surface area (Å²) >= 11 is 1.53. The minimum Gasteiger partial charge on any atom is -0.324 e. The lowest BCUT2D eigenvalue weighted by Crippen LogP contribution is -2.47. The number of nitrogens with one attached hydrogen (secondary N) is 1. The van der Waals surface area contributed by atoms with Gasteiger partial charge in [0, 0.05) is 10.6 Å². The smallest absolute Gasteiger partial charge is 0.248 e. The summed E-state index contributed by atoms with van der Waals surface area (Å²) in [7, 11) is -3.87. The fourth-order valence-corrected chi connectivity index (χ4v) is 4.26. The van der Waals surface area contributed by atoms with Crippen molar-refractivity contribution in [2.75, 3.05) is 22.1 Å². The van der Waals surface area contributed by atoms with Crippen LogP contribution in [0.15, 0.2) is 53.4 Å². The zero-order chi connectivity index (χ0) is 19.3. The van der Waals surface area contributed by atoms with E-state index in [9.17, 15) is 17.6 Å². The van der Waals surface area contributed by atoms with Crippen molar-refractivity contribution in [1.82, 2.24) is 0 Å². The Morgan fingerprint density at radius 2 is 1.92 bits per heavy atom. The second-order valence-electron chi connectivity index (χ2n) is 5.66. The van der Waals surface area contributed by atoms with Crippen LogP contribution in [-0.2, 0) is 14.8 Å². The number of carbonyl (C=O) groups is 1. The van der Waals surface area contributed by atoms with Gasteiger partial charge in [-0.2, -0.15) is 0 Å². The molecule has 0 fully saturated rings. The minimum atomic E-state index is -3.87. The number of anilines is 2. The highest BCUT2D eigenvalue weighted by molar-refractivity contribution is 7.98. The van der Waals surface area contributed by atoms with Crippen LogP contribution in [0.25, 0.3) is 0 Å². The maximum Gasteiger partial charge on any atom is 0.248 e. The molecule has 8 heteroatoms. The Labute approximate surface area is 157 Å². The van der Waals surface area contributed by atoms with Crippen LogP contribution >= 0.6 is 11.8 Å². The van der Waals surface area contributed by atoms with Crippen LogP contribution in [0.1, 0.15) is 13.3 Å². The molecule has 0 aromatic heterocycles. The van der Waals surface area contributed by atoms with Gasteiger partial charge in [0.1, 0.15) is 11.9 Å². The molecule has 0 radical (unpaired) electrons. The van der Waals surface area contributed by atoms with E-state index in [2.05, 4.69) is 5.32 Å². The van der Waals surface area contributed by atoms with E-state index in [0.29, 0.717) is 5.69 Å². The summed E-state index contributed by atoms with van der Waals surface area (Å²) in [5, 5.41) is 2.73. The van der Waals surface area contributed by atoms with Gasteiger partial charge >= 0.3 is 0 Å². The predicted molar refractivity (Wildman–Crippen MR) is 105 cm³/mol. The molecule has 0 aliphatic carbocycles. The van der Waals surface area contributed by atoms with E-state index >= 15 is 0 Å². The van der Waals surface area contributed by atoms with E-state index in [-0.39, 0.29) is 12.1 Å². The first-order valence-corrected chi connectivity index (χ1v) is 11.0. The Hall–Kier alpha value is -2.06. The highest BCUT2D eigenvalue weighted by atomic mass is 32.2. The van der Waals surface area contributed by atoms with Crippen LogP contribution < -0.4 is 9.62 Å². The molecule has 26 heavy (non-hydrogen) atoms. The Balaban J connectivity index is 2.38. The lowest BCUT2D eigenvalue weighted by Gasteiger charge is -2.30. The SMILES string of the molecule is CCC(C(=O)Nc1cccc(SC)c1)N(c1ccccc1F)S(C)(=O)=O. The van der Waals surface area contributed by atoms with Crippen LogP contribution in [0.4, 0.5) is 15.8 Å². The lowest BCUT2D eigenvalue weighted by molar-refractivity contribution is -0.117. The third-order valence-corrected chi connectivity index (χ3v) is 5.65. The number of hydrogen-bond acceptors (Lipinski definition) is 4. The Morgan fingerprint density at radius 1 is 1.23 bits per heavy atom. The molecule has 1 unspecified atom stereocenters. The quantitative estimate of drug-likeness (QED) is 0.724.